The Bertz CT molecular complexity index is 474. The van der Waals surface area contributed by atoms with E-state index in [9.17, 15) is 0 Å². The second kappa shape index (κ2) is 75.6. The van der Waals surface area contributed by atoms with Crippen LogP contribution in [0.25, 0.3) is 0 Å². The Morgan fingerprint density at radius 3 is 0.238 bits per heavy atom. The van der Waals surface area contributed by atoms with E-state index in [0.29, 0.717) is 0 Å². The van der Waals surface area contributed by atoms with Gasteiger partial charge in [0.1, 0.15) is 0 Å². The van der Waals surface area contributed by atoms with Crippen LogP contribution in [0, 0.1) is 0 Å². The summed E-state index contributed by atoms with van der Waals surface area (Å²) in [5, 5.41) is 0. The van der Waals surface area contributed by atoms with Crippen LogP contribution < -0.4 is 67.5 Å². The number of hydrogen-bond donors (Lipinski definition) is 18. The molecule has 0 bridgehead atoms. The van der Waals surface area contributed by atoms with Gasteiger partial charge in [-0.3, -0.25) is 0 Å². The van der Waals surface area contributed by atoms with Gasteiger partial charge in [-0.2, -0.15) is 0 Å². The van der Waals surface area contributed by atoms with Gasteiger partial charge in [-0.1, -0.05) is 0 Å². The molecule has 30 nitrogen and oxygen atoms in total. The zero-order chi connectivity index (χ0) is 35.8. The molecule has 0 aliphatic rings. The van der Waals surface area contributed by atoms with Gasteiger partial charge >= 0.3 is 326 Å². The quantitative estimate of drug-likeness (QED) is 0.100. The minimum atomic E-state index is -3.79. The summed E-state index contributed by atoms with van der Waals surface area (Å²) in [5.74, 6) is 0. The summed E-state index contributed by atoms with van der Waals surface area (Å²) in [4.78, 5) is 0. The Kier molecular flexibility index (Phi) is 146. The molecule has 0 fully saturated rings. The van der Waals surface area contributed by atoms with Crippen molar-refractivity contribution in [1.82, 2.24) is 0 Å². The molecule has 0 saturated heterocycles. The van der Waals surface area contributed by atoms with Crippen molar-refractivity contribution in [2.24, 2.45) is 0 Å². The Balaban J connectivity index is -0.0000000237. The Hall–Kier alpha value is 4.39. The molecular weight excluding hydrogens is 1320 g/mol. The molecular formula is H18Na2O30Se10. The summed E-state index contributed by atoms with van der Waals surface area (Å²) >= 11 is -33.4. The van der Waals surface area contributed by atoms with Crippen LogP contribution >= 0.6 is 0 Å². The van der Waals surface area contributed by atoms with Crippen LogP contribution in [0.5, 0.6) is 0 Å². The van der Waals surface area contributed by atoms with E-state index < -0.39 is 145 Å². The van der Waals surface area contributed by atoms with E-state index in [4.69, 9.17) is 122 Å². The van der Waals surface area contributed by atoms with Gasteiger partial charge in [-0.15, -0.1) is 0 Å². The standard InChI is InChI=1S/2Na.10H2O3Se/c;;10*1-4(2)3/h;;10*(H2,1,2,3)/q2*+1;;;;;;;;;;/p-2. The van der Waals surface area contributed by atoms with Crippen LogP contribution in [0.2, 0.25) is 0 Å². The summed E-state index contributed by atoms with van der Waals surface area (Å²) in [7, 11) is 0. The first-order valence-electron chi connectivity index (χ1n) is 5.29. The SMILES string of the molecule is O=[Se](O)O.O=[Se](O)O.O=[Se](O)O.O=[Se](O)O.O=[Se](O)O.O=[Se](O)O.O=[Se](O)O.O=[Se](O)O.O=[Se](O)O.O=[Se]([O-])[O-].[Na+].[Na+]. The predicted octanol–water partition coefficient (Wildman–Crippen LogP) is -23.4. The van der Waals surface area contributed by atoms with Gasteiger partial charge in [0.2, 0.25) is 0 Å². The van der Waals surface area contributed by atoms with Crippen LogP contribution in [0.15, 0.2) is 0 Å². The van der Waals surface area contributed by atoms with E-state index in [2.05, 4.69) is 0 Å². The van der Waals surface area contributed by atoms with Crippen LogP contribution in [0.1, 0.15) is 0 Å². The van der Waals surface area contributed by atoms with Gasteiger partial charge in [0.05, 0.1) is 0 Å². The van der Waals surface area contributed by atoms with Crippen molar-refractivity contribution < 1.29 is 181 Å². The molecule has 0 spiro atoms. The van der Waals surface area contributed by atoms with Crippen molar-refractivity contribution in [2.45, 2.75) is 0 Å². The maximum Gasteiger partial charge on any atom is 1.00 e. The van der Waals surface area contributed by atoms with Gasteiger partial charge < -0.3 is 0 Å². The Labute approximate surface area is 321 Å². The van der Waals surface area contributed by atoms with Gasteiger partial charge in [-0.05, 0) is 0 Å². The fourth-order valence-electron chi connectivity index (χ4n) is 0. The second-order valence-electron chi connectivity index (χ2n) is 2.28. The van der Waals surface area contributed by atoms with Crippen LogP contribution in [-0.2, 0) is 38.3 Å². The maximum absolute atomic E-state index is 8.76. The molecule has 0 aliphatic heterocycles. The zero-order valence-electron chi connectivity index (χ0n) is 19.0. The molecule has 0 aromatic heterocycles. The van der Waals surface area contributed by atoms with E-state index >= 15 is 0 Å². The van der Waals surface area contributed by atoms with E-state index in [1.807, 2.05) is 0 Å². The molecule has 0 unspecified atom stereocenters. The first kappa shape index (κ1) is 80.8. The van der Waals surface area contributed by atoms with Crippen LogP contribution in [-0.4, -0.2) is 220 Å². The van der Waals surface area contributed by atoms with Gasteiger partial charge in [0.25, 0.3) is 0 Å². The molecule has 0 aromatic rings. The molecule has 0 rings (SSSR count). The monoisotopic (exact) mass is 1340 g/mol. The minimum absolute atomic E-state index is 0. The largest absolute Gasteiger partial charge is 1.00 e. The molecule has 0 amide bonds. The molecule has 0 radical (unpaired) electrons. The zero-order valence-corrected chi connectivity index (χ0v) is 40.2. The normalized spacial score (nSPS) is 8.33. The molecule has 0 heterocycles. The molecule has 0 aliphatic carbocycles. The summed E-state index contributed by atoms with van der Waals surface area (Å²) in [5.41, 5.74) is 0. The molecule has 260 valence electrons. The fraction of sp³-hybridized carbons (Fsp3) is 0. The molecule has 0 atom stereocenters. The van der Waals surface area contributed by atoms with Crippen molar-refractivity contribution in [3.63, 3.8) is 0 Å². The molecule has 42 heteroatoms. The molecule has 0 saturated carbocycles. The van der Waals surface area contributed by atoms with E-state index in [1.54, 1.807) is 0 Å². The number of hydrogen-bond acceptors (Lipinski definition) is 12. The summed E-state index contributed by atoms with van der Waals surface area (Å²) in [6, 6.07) is 0. The smallest absolute Gasteiger partial charge is 1.00 e. The molecule has 0 aromatic carbocycles. The van der Waals surface area contributed by atoms with Crippen molar-refractivity contribution in [3.8, 4) is 0 Å². The van der Waals surface area contributed by atoms with E-state index in [1.165, 1.54) is 0 Å². The molecule has 18 N–H and O–H groups in total. The third kappa shape index (κ3) is 4330. The van der Waals surface area contributed by atoms with Gasteiger partial charge in [0, 0.05) is 0 Å². The van der Waals surface area contributed by atoms with Crippen LogP contribution in [0.4, 0.5) is 0 Å². The van der Waals surface area contributed by atoms with Crippen molar-refractivity contribution in [1.29, 1.82) is 0 Å². The second-order valence-corrected chi connectivity index (χ2v) is 11.9. The summed E-state index contributed by atoms with van der Waals surface area (Å²) in [6.07, 6.45) is 0. The summed E-state index contributed by atoms with van der Waals surface area (Å²) < 4.78 is 234. The van der Waals surface area contributed by atoms with Crippen molar-refractivity contribution >= 4 is 145 Å². The van der Waals surface area contributed by atoms with Crippen molar-refractivity contribution in [2.75, 3.05) is 0 Å². The minimum Gasteiger partial charge on any atom is 1.00 e. The van der Waals surface area contributed by atoms with Gasteiger partial charge in [0.15, 0.2) is 0 Å². The summed E-state index contributed by atoms with van der Waals surface area (Å²) in [6.45, 7) is 0. The van der Waals surface area contributed by atoms with Crippen molar-refractivity contribution in [3.05, 3.63) is 0 Å². The Morgan fingerprint density at radius 2 is 0.238 bits per heavy atom. The average molecular weight is 1330 g/mol. The number of rotatable bonds is 0. The maximum atomic E-state index is 8.76. The first-order valence-corrected chi connectivity index (χ1v) is 27.5. The third-order valence-corrected chi connectivity index (χ3v) is 0. The Morgan fingerprint density at radius 1 is 0.238 bits per heavy atom. The van der Waals surface area contributed by atoms with E-state index in [0.717, 1.165) is 0 Å². The van der Waals surface area contributed by atoms with Crippen LogP contribution in [0.3, 0.4) is 0 Å². The topological polar surface area (TPSA) is 581 Å². The van der Waals surface area contributed by atoms with Gasteiger partial charge in [-0.25, -0.2) is 0 Å². The van der Waals surface area contributed by atoms with E-state index in [-0.39, 0.29) is 59.1 Å². The predicted molar refractivity (Wildman–Crippen MR) is 104 cm³/mol. The average Bonchev–Trinajstić information content (AvgIpc) is 2.47. The first-order chi connectivity index (χ1) is 17.3. The third-order valence-electron chi connectivity index (χ3n) is 0. The fourth-order valence-corrected chi connectivity index (χ4v) is 0. The molecule has 42 heavy (non-hydrogen) atoms.